The number of rotatable bonds is 3. The molecule has 0 saturated carbocycles. The largest absolute Gasteiger partial charge is 0.353 e. The fourth-order valence-corrected chi connectivity index (χ4v) is 5.78. The Morgan fingerprint density at radius 2 is 2.04 bits per heavy atom. The predicted molar refractivity (Wildman–Crippen MR) is 92.7 cm³/mol. The maximum atomic E-state index is 13.0. The van der Waals surface area contributed by atoms with Crippen LogP contribution < -0.4 is 5.32 Å². The van der Waals surface area contributed by atoms with Crippen LogP contribution in [-0.2, 0) is 14.8 Å². The number of halogens is 1. The van der Waals surface area contributed by atoms with Gasteiger partial charge in [-0.05, 0) is 25.5 Å². The van der Waals surface area contributed by atoms with Crippen LogP contribution in [0.3, 0.4) is 0 Å². The van der Waals surface area contributed by atoms with Crippen molar-refractivity contribution in [3.05, 3.63) is 45.4 Å². The zero-order valence-electron chi connectivity index (χ0n) is 13.1. The predicted octanol–water partition coefficient (Wildman–Crippen LogP) is 2.28. The molecule has 1 aromatic heterocycles. The van der Waals surface area contributed by atoms with Crippen LogP contribution in [0.1, 0.15) is 22.2 Å². The number of aromatic nitrogens is 1. The minimum Gasteiger partial charge on any atom is -0.353 e. The maximum absolute atomic E-state index is 13.0. The van der Waals surface area contributed by atoms with Crippen molar-refractivity contribution in [3.8, 4) is 0 Å². The van der Waals surface area contributed by atoms with Crippen molar-refractivity contribution < 1.29 is 13.2 Å². The number of hydrogen-bond acceptors (Lipinski definition) is 5. The molecule has 2 heterocycles. The molecule has 0 radical (unpaired) electrons. The third kappa shape index (κ3) is 2.95. The maximum Gasteiger partial charge on any atom is 0.271 e. The van der Waals surface area contributed by atoms with Crippen LogP contribution in [0.15, 0.2) is 28.6 Å². The topological polar surface area (TPSA) is 79.4 Å². The third-order valence-corrected chi connectivity index (χ3v) is 7.54. The molecule has 0 spiro atoms. The lowest BCUT2D eigenvalue weighted by molar-refractivity contribution is -0.126. The van der Waals surface area contributed by atoms with E-state index in [-0.39, 0.29) is 23.3 Å². The molecule has 24 heavy (non-hydrogen) atoms. The Morgan fingerprint density at radius 3 is 2.67 bits per heavy atom. The quantitative estimate of drug-likeness (QED) is 0.879. The fraction of sp³-hybridized carbons (Fsp3) is 0.333. The summed E-state index contributed by atoms with van der Waals surface area (Å²) in [5, 5.41) is 3.06. The molecule has 1 aromatic carbocycles. The minimum atomic E-state index is -3.89. The van der Waals surface area contributed by atoms with E-state index in [9.17, 15) is 13.2 Å². The Balaban J connectivity index is 2.10. The average Bonchev–Trinajstić information content (AvgIpc) is 2.88. The first-order chi connectivity index (χ1) is 11.3. The molecule has 1 fully saturated rings. The standard InChI is InChI=1S/C15H16ClN3O3S2/c1-9-10(2)23-15(18-9)24(21,22)19-8-7-17-14(20)13(19)11-5-3-4-6-12(11)16/h3-6,13H,7-8H2,1-2H3,(H,17,20). The van der Waals surface area contributed by atoms with Gasteiger partial charge in [-0.3, -0.25) is 4.79 Å². The van der Waals surface area contributed by atoms with Gasteiger partial charge in [-0.15, -0.1) is 11.3 Å². The summed E-state index contributed by atoms with van der Waals surface area (Å²) in [5.41, 5.74) is 1.14. The van der Waals surface area contributed by atoms with Gasteiger partial charge in [0.15, 0.2) is 0 Å². The summed E-state index contributed by atoms with van der Waals surface area (Å²) in [4.78, 5) is 17.4. The summed E-state index contributed by atoms with van der Waals surface area (Å²) in [6.45, 7) is 4.00. The molecule has 1 saturated heterocycles. The molecule has 128 valence electrons. The summed E-state index contributed by atoms with van der Waals surface area (Å²) in [5.74, 6) is -0.386. The highest BCUT2D eigenvalue weighted by Crippen LogP contribution is 2.34. The van der Waals surface area contributed by atoms with E-state index in [4.69, 9.17) is 11.6 Å². The Kier molecular flexibility index (Phi) is 4.65. The molecule has 9 heteroatoms. The molecule has 0 aliphatic carbocycles. The van der Waals surface area contributed by atoms with Crippen LogP contribution >= 0.6 is 22.9 Å². The number of hydrogen-bond donors (Lipinski definition) is 1. The fourth-order valence-electron chi connectivity index (χ4n) is 2.55. The van der Waals surface area contributed by atoms with E-state index in [1.54, 1.807) is 31.2 Å². The van der Waals surface area contributed by atoms with Gasteiger partial charge in [0.1, 0.15) is 6.04 Å². The van der Waals surface area contributed by atoms with Crippen LogP contribution in [0.5, 0.6) is 0 Å². The summed E-state index contributed by atoms with van der Waals surface area (Å²) in [7, 11) is -3.89. The highest BCUT2D eigenvalue weighted by Gasteiger charge is 2.41. The molecular weight excluding hydrogens is 370 g/mol. The highest BCUT2D eigenvalue weighted by atomic mass is 35.5. The lowest BCUT2D eigenvalue weighted by Crippen LogP contribution is -2.52. The SMILES string of the molecule is Cc1nc(S(=O)(=O)N2CCNC(=O)C2c2ccccc2Cl)sc1C. The van der Waals surface area contributed by atoms with Crippen molar-refractivity contribution in [1.29, 1.82) is 0 Å². The lowest BCUT2D eigenvalue weighted by Gasteiger charge is -2.33. The van der Waals surface area contributed by atoms with Crippen LogP contribution in [-0.4, -0.2) is 36.7 Å². The molecule has 1 amide bonds. The summed E-state index contributed by atoms with van der Waals surface area (Å²) in [6, 6.07) is 5.77. The van der Waals surface area contributed by atoms with Crippen molar-refractivity contribution >= 4 is 38.9 Å². The molecule has 1 N–H and O–H groups in total. The molecule has 6 nitrogen and oxygen atoms in total. The number of nitrogens with one attached hydrogen (secondary N) is 1. The van der Waals surface area contributed by atoms with Crippen LogP contribution in [0.2, 0.25) is 5.02 Å². The Hall–Kier alpha value is -1.48. The van der Waals surface area contributed by atoms with Crippen molar-refractivity contribution in [3.63, 3.8) is 0 Å². The number of carbonyl (C=O) groups excluding carboxylic acids is 1. The van der Waals surface area contributed by atoms with Crippen molar-refractivity contribution in [2.75, 3.05) is 13.1 Å². The Morgan fingerprint density at radius 1 is 1.33 bits per heavy atom. The van der Waals surface area contributed by atoms with Gasteiger partial charge >= 0.3 is 0 Å². The molecule has 3 rings (SSSR count). The molecule has 2 aromatic rings. The van der Waals surface area contributed by atoms with E-state index in [0.717, 1.165) is 16.2 Å². The van der Waals surface area contributed by atoms with E-state index < -0.39 is 16.1 Å². The van der Waals surface area contributed by atoms with Crippen LogP contribution in [0.25, 0.3) is 0 Å². The summed E-state index contributed by atoms with van der Waals surface area (Å²) in [6.07, 6.45) is 0. The van der Waals surface area contributed by atoms with Gasteiger partial charge in [-0.1, -0.05) is 29.8 Å². The zero-order valence-corrected chi connectivity index (χ0v) is 15.5. The van der Waals surface area contributed by atoms with Crippen LogP contribution in [0.4, 0.5) is 0 Å². The monoisotopic (exact) mass is 385 g/mol. The van der Waals surface area contributed by atoms with Gasteiger partial charge in [0.2, 0.25) is 10.2 Å². The molecule has 0 bridgehead atoms. The number of sulfonamides is 1. The summed E-state index contributed by atoms with van der Waals surface area (Å²) < 4.78 is 27.3. The lowest BCUT2D eigenvalue weighted by atomic mass is 10.0. The van der Waals surface area contributed by atoms with Gasteiger partial charge in [-0.25, -0.2) is 13.4 Å². The minimum absolute atomic E-state index is 0.00394. The Labute approximate surface area is 149 Å². The number of benzene rings is 1. The number of amides is 1. The van der Waals surface area contributed by atoms with Crippen LogP contribution in [0, 0.1) is 13.8 Å². The Bertz CT molecular complexity index is 876. The first-order valence-electron chi connectivity index (χ1n) is 7.30. The van der Waals surface area contributed by atoms with E-state index in [2.05, 4.69) is 10.3 Å². The smallest absolute Gasteiger partial charge is 0.271 e. The second-order valence-electron chi connectivity index (χ2n) is 5.45. The summed E-state index contributed by atoms with van der Waals surface area (Å²) >= 11 is 7.31. The van der Waals surface area contributed by atoms with Gasteiger partial charge in [0, 0.05) is 23.0 Å². The van der Waals surface area contributed by atoms with Gasteiger partial charge in [0.25, 0.3) is 10.0 Å². The van der Waals surface area contributed by atoms with Crippen molar-refractivity contribution in [1.82, 2.24) is 14.6 Å². The molecule has 1 atom stereocenters. The zero-order chi connectivity index (χ0) is 17.5. The van der Waals surface area contributed by atoms with Crippen molar-refractivity contribution in [2.45, 2.75) is 24.2 Å². The number of piperazine rings is 1. The number of carbonyl (C=O) groups is 1. The van der Waals surface area contributed by atoms with E-state index in [1.807, 2.05) is 6.92 Å². The highest BCUT2D eigenvalue weighted by molar-refractivity contribution is 7.91. The first kappa shape index (κ1) is 17.3. The second-order valence-corrected chi connectivity index (χ2v) is 9.13. The molecule has 1 unspecified atom stereocenters. The number of aryl methyl sites for hydroxylation is 2. The van der Waals surface area contributed by atoms with Crippen molar-refractivity contribution in [2.24, 2.45) is 0 Å². The second kappa shape index (κ2) is 6.44. The van der Waals surface area contributed by atoms with Gasteiger partial charge < -0.3 is 5.32 Å². The first-order valence-corrected chi connectivity index (χ1v) is 9.94. The molecule has 1 aliphatic rings. The number of thiazole rings is 1. The van der Waals surface area contributed by atoms with E-state index >= 15 is 0 Å². The van der Waals surface area contributed by atoms with Gasteiger partial charge in [0.05, 0.1) is 5.69 Å². The average molecular weight is 386 g/mol. The van der Waals surface area contributed by atoms with E-state index in [1.165, 1.54) is 4.31 Å². The van der Waals surface area contributed by atoms with Gasteiger partial charge in [-0.2, -0.15) is 4.31 Å². The molecular formula is C15H16ClN3O3S2. The normalized spacial score (nSPS) is 19.3. The molecule has 1 aliphatic heterocycles. The number of nitrogens with zero attached hydrogens (tertiary/aromatic N) is 2. The van der Waals surface area contributed by atoms with E-state index in [0.29, 0.717) is 16.3 Å². The third-order valence-electron chi connectivity index (χ3n) is 3.91.